The third-order valence-corrected chi connectivity index (χ3v) is 4.16. The fraction of sp³-hybridized carbons (Fsp3) is 0.833. The summed E-state index contributed by atoms with van der Waals surface area (Å²) in [5.74, 6) is 3.63. The zero-order valence-corrected chi connectivity index (χ0v) is 10.2. The smallest absolute Gasteiger partial charge is 0.0689 e. The highest BCUT2D eigenvalue weighted by Gasteiger charge is 2.13. The van der Waals surface area contributed by atoms with E-state index in [1.54, 1.807) is 0 Å². The molecular weight excluding hydrogens is 206 g/mol. The Bertz CT molecular complexity index is 212. The summed E-state index contributed by atoms with van der Waals surface area (Å²) in [4.78, 5) is 0. The molecule has 0 atom stereocenters. The first-order valence-electron chi connectivity index (χ1n) is 5.99. The molecule has 0 unspecified atom stereocenters. The Kier molecular flexibility index (Phi) is 5.03. The monoisotopic (exact) mass is 227 g/mol. The van der Waals surface area contributed by atoms with Gasteiger partial charge in [0.2, 0.25) is 0 Å². The van der Waals surface area contributed by atoms with Crippen LogP contribution in [0.15, 0.2) is 11.6 Å². The third-order valence-electron chi connectivity index (χ3n) is 3.11. The molecule has 0 aromatic carbocycles. The minimum absolute atomic E-state index is 0.841. The van der Waals surface area contributed by atoms with Gasteiger partial charge < -0.3 is 10.1 Å². The van der Waals surface area contributed by atoms with Crippen molar-refractivity contribution in [3.05, 3.63) is 11.6 Å². The predicted octanol–water partition coefficient (Wildman–Crippen LogP) is 2.07. The van der Waals surface area contributed by atoms with Crippen molar-refractivity contribution in [2.75, 3.05) is 37.8 Å². The first-order chi connectivity index (χ1) is 7.45. The Labute approximate surface area is 96.8 Å². The maximum absolute atomic E-state index is 5.41. The minimum Gasteiger partial charge on any atom is -0.377 e. The summed E-state index contributed by atoms with van der Waals surface area (Å²) in [5, 5.41) is 3.57. The van der Waals surface area contributed by atoms with Gasteiger partial charge in [-0.1, -0.05) is 6.08 Å². The summed E-state index contributed by atoms with van der Waals surface area (Å²) < 4.78 is 5.41. The molecule has 2 nitrogen and oxygen atoms in total. The molecule has 0 aliphatic carbocycles. The molecule has 0 aromatic rings. The second-order valence-electron chi connectivity index (χ2n) is 4.39. The molecule has 3 heteroatoms. The van der Waals surface area contributed by atoms with Crippen LogP contribution in [0.2, 0.25) is 0 Å². The molecular formula is C12H21NOS. The Hall–Kier alpha value is 0.01000. The molecule has 86 valence electrons. The molecule has 1 fully saturated rings. The van der Waals surface area contributed by atoms with E-state index in [-0.39, 0.29) is 0 Å². The maximum Gasteiger partial charge on any atom is 0.0689 e. The highest BCUT2D eigenvalue weighted by Crippen LogP contribution is 2.21. The summed E-state index contributed by atoms with van der Waals surface area (Å²) in [6.45, 7) is 3.97. The molecule has 0 radical (unpaired) electrons. The first kappa shape index (κ1) is 11.5. The van der Waals surface area contributed by atoms with Crippen LogP contribution in [0.5, 0.6) is 0 Å². The molecule has 2 rings (SSSR count). The predicted molar refractivity (Wildman–Crippen MR) is 66.4 cm³/mol. The highest BCUT2D eigenvalue weighted by atomic mass is 32.2. The largest absolute Gasteiger partial charge is 0.377 e. The molecule has 0 spiro atoms. The van der Waals surface area contributed by atoms with Crippen LogP contribution in [0.3, 0.4) is 0 Å². The van der Waals surface area contributed by atoms with E-state index < -0.39 is 0 Å². The fourth-order valence-electron chi connectivity index (χ4n) is 2.12. The lowest BCUT2D eigenvalue weighted by molar-refractivity contribution is 0.148. The lowest BCUT2D eigenvalue weighted by Gasteiger charge is -2.22. The van der Waals surface area contributed by atoms with Crippen LogP contribution in [0.1, 0.15) is 19.3 Å². The molecule has 0 bridgehead atoms. The maximum atomic E-state index is 5.41. The summed E-state index contributed by atoms with van der Waals surface area (Å²) in [6, 6.07) is 0. The lowest BCUT2D eigenvalue weighted by Crippen LogP contribution is -2.28. The average molecular weight is 227 g/mol. The third kappa shape index (κ3) is 4.17. The van der Waals surface area contributed by atoms with E-state index in [1.165, 1.54) is 36.5 Å². The van der Waals surface area contributed by atoms with Gasteiger partial charge in [-0.2, -0.15) is 11.8 Å². The lowest BCUT2D eigenvalue weighted by atomic mass is 10.0. The van der Waals surface area contributed by atoms with Crippen molar-refractivity contribution in [1.82, 2.24) is 5.32 Å². The number of hydrogen-bond acceptors (Lipinski definition) is 3. The SMILES string of the molecule is C1=C(CNCC2CCSCC2)COCC1. The normalized spacial score (nSPS) is 23.9. The molecule has 2 heterocycles. The second-order valence-corrected chi connectivity index (χ2v) is 5.62. The van der Waals surface area contributed by atoms with Gasteiger partial charge in [-0.25, -0.2) is 0 Å². The van der Waals surface area contributed by atoms with Gasteiger partial charge in [0.15, 0.2) is 0 Å². The zero-order valence-electron chi connectivity index (χ0n) is 9.34. The van der Waals surface area contributed by atoms with E-state index in [1.807, 2.05) is 0 Å². The molecule has 2 aliphatic rings. The Morgan fingerprint density at radius 1 is 1.40 bits per heavy atom. The van der Waals surface area contributed by atoms with Gasteiger partial charge >= 0.3 is 0 Å². The van der Waals surface area contributed by atoms with Crippen molar-refractivity contribution < 1.29 is 4.74 Å². The molecule has 0 saturated carbocycles. The fourth-order valence-corrected chi connectivity index (χ4v) is 3.32. The summed E-state index contributed by atoms with van der Waals surface area (Å²) >= 11 is 2.10. The molecule has 1 N–H and O–H groups in total. The topological polar surface area (TPSA) is 21.3 Å². The van der Waals surface area contributed by atoms with Crippen molar-refractivity contribution in [2.24, 2.45) is 5.92 Å². The number of ether oxygens (including phenoxy) is 1. The van der Waals surface area contributed by atoms with Crippen molar-refractivity contribution in [2.45, 2.75) is 19.3 Å². The van der Waals surface area contributed by atoms with Crippen LogP contribution in [0.4, 0.5) is 0 Å². The second kappa shape index (κ2) is 6.56. The number of hydrogen-bond donors (Lipinski definition) is 1. The number of nitrogens with one attached hydrogen (secondary N) is 1. The van der Waals surface area contributed by atoms with Gasteiger partial charge in [0.25, 0.3) is 0 Å². The summed E-state index contributed by atoms with van der Waals surface area (Å²) in [6.07, 6.45) is 6.21. The highest BCUT2D eigenvalue weighted by molar-refractivity contribution is 7.99. The van der Waals surface area contributed by atoms with E-state index in [2.05, 4.69) is 23.2 Å². The Morgan fingerprint density at radius 3 is 3.00 bits per heavy atom. The van der Waals surface area contributed by atoms with E-state index in [9.17, 15) is 0 Å². The Balaban J connectivity index is 1.59. The van der Waals surface area contributed by atoms with Crippen LogP contribution >= 0.6 is 11.8 Å². The van der Waals surface area contributed by atoms with E-state index in [0.717, 1.165) is 32.1 Å². The standard InChI is InChI=1S/C12H21NOS/c1-2-12(10-14-5-1)9-13-8-11-3-6-15-7-4-11/h2,11,13H,1,3-10H2. The van der Waals surface area contributed by atoms with Crippen LogP contribution in [0, 0.1) is 5.92 Å². The van der Waals surface area contributed by atoms with Gasteiger partial charge in [-0.3, -0.25) is 0 Å². The van der Waals surface area contributed by atoms with Crippen LogP contribution < -0.4 is 5.32 Å². The average Bonchev–Trinajstić information content (AvgIpc) is 2.32. The molecule has 15 heavy (non-hydrogen) atoms. The summed E-state index contributed by atoms with van der Waals surface area (Å²) in [7, 11) is 0. The van der Waals surface area contributed by atoms with Gasteiger partial charge in [-0.15, -0.1) is 0 Å². The quantitative estimate of drug-likeness (QED) is 0.743. The molecule has 2 aliphatic heterocycles. The number of rotatable bonds is 4. The van der Waals surface area contributed by atoms with Crippen LogP contribution in [-0.4, -0.2) is 37.8 Å². The first-order valence-corrected chi connectivity index (χ1v) is 7.15. The van der Waals surface area contributed by atoms with Crippen LogP contribution in [-0.2, 0) is 4.74 Å². The van der Waals surface area contributed by atoms with Gasteiger partial charge in [0, 0.05) is 6.54 Å². The van der Waals surface area contributed by atoms with Gasteiger partial charge in [0.1, 0.15) is 0 Å². The van der Waals surface area contributed by atoms with Gasteiger partial charge in [0.05, 0.1) is 13.2 Å². The molecule has 1 saturated heterocycles. The van der Waals surface area contributed by atoms with E-state index >= 15 is 0 Å². The Morgan fingerprint density at radius 2 is 2.27 bits per heavy atom. The van der Waals surface area contributed by atoms with Gasteiger partial charge in [-0.05, 0) is 48.8 Å². The zero-order chi connectivity index (χ0) is 10.3. The van der Waals surface area contributed by atoms with E-state index in [0.29, 0.717) is 0 Å². The van der Waals surface area contributed by atoms with Crippen molar-refractivity contribution in [3.8, 4) is 0 Å². The number of thioether (sulfide) groups is 1. The summed E-state index contributed by atoms with van der Waals surface area (Å²) in [5.41, 5.74) is 1.44. The van der Waals surface area contributed by atoms with Crippen molar-refractivity contribution in [3.63, 3.8) is 0 Å². The van der Waals surface area contributed by atoms with Crippen molar-refractivity contribution >= 4 is 11.8 Å². The molecule has 0 amide bonds. The molecule has 0 aromatic heterocycles. The minimum atomic E-state index is 0.841. The van der Waals surface area contributed by atoms with Crippen molar-refractivity contribution in [1.29, 1.82) is 0 Å². The van der Waals surface area contributed by atoms with Crippen LogP contribution in [0.25, 0.3) is 0 Å². The van der Waals surface area contributed by atoms with E-state index in [4.69, 9.17) is 4.74 Å².